The standard InChI is InChI=1S/C18H20N4S2/c1-14-6-2-3-7-15(14)21-12-19-22(18(21)23)13-20-10-4-8-16(20)17-9-5-11-24-17/h2-3,5-7,9,11-12,16H,4,8,10,13H2,1H3/t16-/m0/s1. The zero-order valence-electron chi connectivity index (χ0n) is 13.6. The second kappa shape index (κ2) is 6.63. The van der Waals surface area contributed by atoms with E-state index < -0.39 is 0 Å². The van der Waals surface area contributed by atoms with Crippen molar-refractivity contribution in [1.29, 1.82) is 0 Å². The molecule has 6 heteroatoms. The monoisotopic (exact) mass is 356 g/mol. The number of hydrogen-bond acceptors (Lipinski definition) is 4. The van der Waals surface area contributed by atoms with E-state index in [4.69, 9.17) is 12.2 Å². The van der Waals surface area contributed by atoms with Gasteiger partial charge in [-0.05, 0) is 55.1 Å². The average Bonchev–Trinajstić information content (AvgIpc) is 3.31. The summed E-state index contributed by atoms with van der Waals surface area (Å²) in [5.41, 5.74) is 2.30. The minimum Gasteiger partial charge on any atom is -0.276 e. The van der Waals surface area contributed by atoms with Gasteiger partial charge in [0, 0.05) is 17.5 Å². The summed E-state index contributed by atoms with van der Waals surface area (Å²) in [7, 11) is 0. The first-order valence-corrected chi connectivity index (χ1v) is 9.51. The van der Waals surface area contributed by atoms with Gasteiger partial charge in [0.1, 0.15) is 6.33 Å². The summed E-state index contributed by atoms with van der Waals surface area (Å²) in [4.78, 5) is 3.92. The quantitative estimate of drug-likeness (QED) is 0.641. The number of rotatable bonds is 4. The fourth-order valence-electron chi connectivity index (χ4n) is 3.40. The van der Waals surface area contributed by atoms with Gasteiger partial charge in [0.05, 0.1) is 12.4 Å². The molecule has 2 aromatic heterocycles. The lowest BCUT2D eigenvalue weighted by molar-refractivity contribution is 0.192. The molecule has 1 aromatic carbocycles. The Morgan fingerprint density at radius 1 is 1.25 bits per heavy atom. The fraction of sp³-hybridized carbons (Fsp3) is 0.333. The van der Waals surface area contributed by atoms with E-state index in [0.29, 0.717) is 6.04 Å². The highest BCUT2D eigenvalue weighted by atomic mass is 32.1. The molecule has 0 spiro atoms. The van der Waals surface area contributed by atoms with Crippen molar-refractivity contribution in [3.05, 3.63) is 63.3 Å². The molecule has 1 fully saturated rings. The highest BCUT2D eigenvalue weighted by molar-refractivity contribution is 7.71. The summed E-state index contributed by atoms with van der Waals surface area (Å²) in [5.74, 6) is 0. The zero-order chi connectivity index (χ0) is 16.5. The van der Waals surface area contributed by atoms with E-state index in [9.17, 15) is 0 Å². The Kier molecular flexibility index (Phi) is 4.35. The minimum absolute atomic E-state index is 0.496. The maximum Gasteiger partial charge on any atom is 0.203 e. The van der Waals surface area contributed by atoms with Gasteiger partial charge in [0.15, 0.2) is 0 Å². The van der Waals surface area contributed by atoms with Crippen molar-refractivity contribution < 1.29 is 0 Å². The molecule has 1 aliphatic heterocycles. The molecule has 0 aliphatic carbocycles. The van der Waals surface area contributed by atoms with Gasteiger partial charge in [0.2, 0.25) is 4.77 Å². The van der Waals surface area contributed by atoms with Gasteiger partial charge in [-0.2, -0.15) is 5.10 Å². The molecule has 3 heterocycles. The Bertz CT molecular complexity index is 879. The molecule has 0 N–H and O–H groups in total. The van der Waals surface area contributed by atoms with Gasteiger partial charge >= 0.3 is 0 Å². The van der Waals surface area contributed by atoms with Crippen LogP contribution in [0.5, 0.6) is 0 Å². The molecule has 0 saturated carbocycles. The summed E-state index contributed by atoms with van der Waals surface area (Å²) in [6.07, 6.45) is 4.28. The molecular weight excluding hydrogens is 336 g/mol. The first-order valence-electron chi connectivity index (χ1n) is 8.22. The van der Waals surface area contributed by atoms with E-state index >= 15 is 0 Å². The van der Waals surface area contributed by atoms with E-state index in [2.05, 4.69) is 46.6 Å². The molecule has 4 nitrogen and oxygen atoms in total. The number of hydrogen-bond donors (Lipinski definition) is 0. The van der Waals surface area contributed by atoms with Crippen LogP contribution >= 0.6 is 23.6 Å². The van der Waals surface area contributed by atoms with E-state index in [1.807, 2.05) is 39.0 Å². The van der Waals surface area contributed by atoms with E-state index in [-0.39, 0.29) is 0 Å². The van der Waals surface area contributed by atoms with Crippen molar-refractivity contribution in [2.24, 2.45) is 0 Å². The van der Waals surface area contributed by atoms with Crippen LogP contribution < -0.4 is 0 Å². The van der Waals surface area contributed by atoms with Crippen LogP contribution in [-0.4, -0.2) is 25.8 Å². The second-order valence-corrected chi connectivity index (χ2v) is 7.54. The first kappa shape index (κ1) is 15.7. The fourth-order valence-corrected chi connectivity index (χ4v) is 4.55. The highest BCUT2D eigenvalue weighted by Crippen LogP contribution is 2.34. The molecule has 24 heavy (non-hydrogen) atoms. The maximum atomic E-state index is 5.68. The summed E-state index contributed by atoms with van der Waals surface area (Å²) in [6.45, 7) is 3.95. The lowest BCUT2D eigenvalue weighted by Crippen LogP contribution is -2.26. The van der Waals surface area contributed by atoms with Gasteiger partial charge in [-0.15, -0.1) is 11.3 Å². The van der Waals surface area contributed by atoms with Gasteiger partial charge < -0.3 is 0 Å². The van der Waals surface area contributed by atoms with E-state index in [0.717, 1.165) is 23.7 Å². The van der Waals surface area contributed by atoms with Crippen molar-refractivity contribution in [2.75, 3.05) is 6.54 Å². The lowest BCUT2D eigenvalue weighted by atomic mass is 10.2. The van der Waals surface area contributed by atoms with E-state index in [1.54, 1.807) is 0 Å². The molecule has 1 saturated heterocycles. The van der Waals surface area contributed by atoms with Crippen molar-refractivity contribution in [1.82, 2.24) is 19.2 Å². The summed E-state index contributed by atoms with van der Waals surface area (Å²) in [5, 5.41) is 6.71. The van der Waals surface area contributed by atoms with E-state index in [1.165, 1.54) is 23.3 Å². The van der Waals surface area contributed by atoms with Crippen molar-refractivity contribution in [2.45, 2.75) is 32.5 Å². The van der Waals surface area contributed by atoms with Crippen LogP contribution in [0.4, 0.5) is 0 Å². The third-order valence-corrected chi connectivity index (χ3v) is 6.04. The zero-order valence-corrected chi connectivity index (χ0v) is 15.3. The van der Waals surface area contributed by atoms with Gasteiger partial charge in [-0.3, -0.25) is 9.47 Å². The number of benzene rings is 1. The summed E-state index contributed by atoms with van der Waals surface area (Å²) in [6, 6.07) is 13.1. The molecule has 124 valence electrons. The van der Waals surface area contributed by atoms with Crippen LogP contribution in [0.25, 0.3) is 5.69 Å². The largest absolute Gasteiger partial charge is 0.276 e. The van der Waals surface area contributed by atoms with Crippen LogP contribution in [0.3, 0.4) is 0 Å². The van der Waals surface area contributed by atoms with Crippen LogP contribution in [0.2, 0.25) is 0 Å². The average molecular weight is 357 g/mol. The molecule has 1 aliphatic rings. The Morgan fingerprint density at radius 2 is 2.12 bits per heavy atom. The highest BCUT2D eigenvalue weighted by Gasteiger charge is 2.27. The van der Waals surface area contributed by atoms with Crippen LogP contribution in [-0.2, 0) is 6.67 Å². The maximum absolute atomic E-state index is 5.68. The summed E-state index contributed by atoms with van der Waals surface area (Å²) < 4.78 is 4.69. The number of likely N-dealkylation sites (tertiary alicyclic amines) is 1. The Hall–Kier alpha value is -1.76. The van der Waals surface area contributed by atoms with Crippen LogP contribution in [0.1, 0.15) is 29.3 Å². The number of thiophene rings is 1. The number of para-hydroxylation sites is 1. The Labute approximate surface area is 151 Å². The van der Waals surface area contributed by atoms with Gasteiger partial charge in [0.25, 0.3) is 0 Å². The van der Waals surface area contributed by atoms with Crippen molar-refractivity contribution in [3.63, 3.8) is 0 Å². The predicted octanol–water partition coefficient (Wildman–Crippen LogP) is 4.57. The Morgan fingerprint density at radius 3 is 2.92 bits per heavy atom. The lowest BCUT2D eigenvalue weighted by Gasteiger charge is -2.23. The van der Waals surface area contributed by atoms with Crippen molar-refractivity contribution in [3.8, 4) is 5.69 Å². The van der Waals surface area contributed by atoms with Crippen LogP contribution in [0, 0.1) is 11.7 Å². The predicted molar refractivity (Wildman–Crippen MR) is 100 cm³/mol. The molecule has 0 bridgehead atoms. The van der Waals surface area contributed by atoms with Gasteiger partial charge in [-0.25, -0.2) is 4.68 Å². The molecule has 0 amide bonds. The first-order chi connectivity index (χ1) is 11.7. The topological polar surface area (TPSA) is 26.0 Å². The molecular formula is C18H20N4S2. The molecule has 3 aromatic rings. The van der Waals surface area contributed by atoms with Crippen molar-refractivity contribution >= 4 is 23.6 Å². The molecule has 0 unspecified atom stereocenters. The smallest absolute Gasteiger partial charge is 0.203 e. The Balaban J connectivity index is 1.60. The number of nitrogens with zero attached hydrogens (tertiary/aromatic N) is 4. The normalized spacial score (nSPS) is 18.3. The molecule has 4 rings (SSSR count). The SMILES string of the molecule is Cc1ccccc1-n1cnn(CN2CCC[C@H]2c2cccs2)c1=S. The molecule has 1 atom stereocenters. The minimum atomic E-state index is 0.496. The van der Waals surface area contributed by atoms with Gasteiger partial charge in [-0.1, -0.05) is 24.3 Å². The third-order valence-electron chi connectivity index (χ3n) is 4.66. The van der Waals surface area contributed by atoms with Crippen LogP contribution in [0.15, 0.2) is 48.1 Å². The number of aryl methyl sites for hydroxylation is 1. The second-order valence-electron chi connectivity index (χ2n) is 6.20. The summed E-state index contributed by atoms with van der Waals surface area (Å²) >= 11 is 7.52. The third kappa shape index (κ3) is 2.85. The number of aromatic nitrogens is 3. The molecule has 0 radical (unpaired) electrons.